The molecule has 0 atom stereocenters. The highest BCUT2D eigenvalue weighted by atomic mass is 79.9. The minimum Gasteiger partial charge on any atom is -1.00 e. The SMILES string of the molecule is CC(C)C[N+](C)(C)CCCCCC[N+](C)(C)CC(C)C.[Br-].[Br-]. The zero-order valence-electron chi connectivity index (χ0n) is 16.5. The lowest BCUT2D eigenvalue weighted by Crippen LogP contribution is -3.00. The number of halogens is 2. The highest BCUT2D eigenvalue weighted by Gasteiger charge is 2.17. The van der Waals surface area contributed by atoms with Gasteiger partial charge in [0.05, 0.1) is 54.4 Å². The van der Waals surface area contributed by atoms with E-state index < -0.39 is 0 Å². The van der Waals surface area contributed by atoms with Crippen molar-refractivity contribution in [1.29, 1.82) is 0 Å². The maximum atomic E-state index is 2.38. The second kappa shape index (κ2) is 13.2. The lowest BCUT2D eigenvalue weighted by atomic mass is 10.1. The van der Waals surface area contributed by atoms with Crippen LogP contribution in [0.1, 0.15) is 53.4 Å². The van der Waals surface area contributed by atoms with E-state index in [2.05, 4.69) is 55.9 Å². The van der Waals surface area contributed by atoms with Crippen LogP contribution in [0.15, 0.2) is 0 Å². The standard InChI is InChI=1S/C18H42N2.2BrH/c1-17(2)15-19(5,6)13-11-9-10-12-14-20(7,8)16-18(3)4;;/h17-18H,9-16H2,1-8H3;2*1H/q+2;;/p-2. The minimum atomic E-state index is 0. The molecule has 138 valence electrons. The van der Waals surface area contributed by atoms with E-state index in [0.29, 0.717) is 0 Å². The van der Waals surface area contributed by atoms with E-state index in [-0.39, 0.29) is 34.0 Å². The first kappa shape index (κ1) is 27.7. The Morgan fingerprint density at radius 2 is 0.818 bits per heavy atom. The van der Waals surface area contributed by atoms with Crippen LogP contribution in [0.2, 0.25) is 0 Å². The first-order chi connectivity index (χ1) is 9.04. The molecule has 0 N–H and O–H groups in total. The Bertz CT molecular complexity index is 225. The Kier molecular flexibility index (Phi) is 16.6. The summed E-state index contributed by atoms with van der Waals surface area (Å²) in [5.41, 5.74) is 0. The molecule has 0 aliphatic carbocycles. The van der Waals surface area contributed by atoms with Gasteiger partial charge >= 0.3 is 0 Å². The first-order valence-electron chi connectivity index (χ1n) is 8.68. The van der Waals surface area contributed by atoms with Gasteiger partial charge in [0.1, 0.15) is 0 Å². The average molecular weight is 446 g/mol. The molecule has 0 amide bonds. The van der Waals surface area contributed by atoms with Crippen LogP contribution >= 0.6 is 0 Å². The van der Waals surface area contributed by atoms with Gasteiger partial charge in [0.2, 0.25) is 0 Å². The molecule has 0 aromatic heterocycles. The van der Waals surface area contributed by atoms with Crippen LogP contribution in [0.25, 0.3) is 0 Å². The lowest BCUT2D eigenvalue weighted by molar-refractivity contribution is -0.894. The summed E-state index contributed by atoms with van der Waals surface area (Å²) >= 11 is 0. The molecule has 0 spiro atoms. The highest BCUT2D eigenvalue weighted by Crippen LogP contribution is 2.11. The van der Waals surface area contributed by atoms with Gasteiger partial charge in [0.25, 0.3) is 0 Å². The second-order valence-electron chi connectivity index (χ2n) is 8.89. The normalized spacial score (nSPS) is 12.3. The first-order valence-corrected chi connectivity index (χ1v) is 8.68. The van der Waals surface area contributed by atoms with Gasteiger partial charge in [0.15, 0.2) is 0 Å². The predicted molar refractivity (Wildman–Crippen MR) is 91.8 cm³/mol. The number of quaternary nitrogens is 2. The molecule has 0 fully saturated rings. The maximum Gasteiger partial charge on any atom is 0.0805 e. The van der Waals surface area contributed by atoms with Crippen molar-refractivity contribution in [3.8, 4) is 0 Å². The molecular formula is C18H42Br2N2. The van der Waals surface area contributed by atoms with Crippen LogP contribution < -0.4 is 34.0 Å². The van der Waals surface area contributed by atoms with Crippen LogP contribution in [-0.2, 0) is 0 Å². The summed E-state index contributed by atoms with van der Waals surface area (Å²) < 4.78 is 2.37. The van der Waals surface area contributed by atoms with E-state index in [1.807, 2.05) is 0 Å². The van der Waals surface area contributed by atoms with Crippen LogP contribution in [0.3, 0.4) is 0 Å². The monoisotopic (exact) mass is 444 g/mol. The molecular weight excluding hydrogens is 404 g/mol. The van der Waals surface area contributed by atoms with Crippen molar-refractivity contribution < 1.29 is 42.9 Å². The topological polar surface area (TPSA) is 0 Å². The van der Waals surface area contributed by atoms with Gasteiger partial charge in [-0.2, -0.15) is 0 Å². The van der Waals surface area contributed by atoms with Crippen molar-refractivity contribution in [2.24, 2.45) is 11.8 Å². The molecule has 4 heteroatoms. The van der Waals surface area contributed by atoms with E-state index in [4.69, 9.17) is 0 Å². The van der Waals surface area contributed by atoms with Crippen molar-refractivity contribution in [2.75, 3.05) is 54.4 Å². The number of nitrogens with zero attached hydrogens (tertiary/aromatic N) is 2. The highest BCUT2D eigenvalue weighted by molar-refractivity contribution is 4.48. The zero-order chi connectivity index (χ0) is 15.8. The third kappa shape index (κ3) is 17.2. The van der Waals surface area contributed by atoms with Crippen molar-refractivity contribution in [3.05, 3.63) is 0 Å². The largest absolute Gasteiger partial charge is 1.00 e. The fourth-order valence-corrected chi connectivity index (χ4v) is 3.59. The molecule has 0 aromatic rings. The van der Waals surface area contributed by atoms with Gasteiger partial charge < -0.3 is 42.9 Å². The van der Waals surface area contributed by atoms with Crippen molar-refractivity contribution in [1.82, 2.24) is 0 Å². The van der Waals surface area contributed by atoms with Crippen LogP contribution in [0, 0.1) is 11.8 Å². The number of hydrogen-bond donors (Lipinski definition) is 0. The summed E-state index contributed by atoms with van der Waals surface area (Å²) in [6, 6.07) is 0. The van der Waals surface area contributed by atoms with E-state index >= 15 is 0 Å². The zero-order valence-corrected chi connectivity index (χ0v) is 19.6. The maximum absolute atomic E-state index is 2.38. The van der Waals surface area contributed by atoms with Gasteiger partial charge in [-0.05, 0) is 25.7 Å². The number of unbranched alkanes of at least 4 members (excludes halogenated alkanes) is 3. The Morgan fingerprint density at radius 3 is 1.05 bits per heavy atom. The Morgan fingerprint density at radius 1 is 0.545 bits per heavy atom. The molecule has 0 unspecified atom stereocenters. The number of hydrogen-bond acceptors (Lipinski definition) is 0. The van der Waals surface area contributed by atoms with Gasteiger partial charge in [-0.25, -0.2) is 0 Å². The molecule has 22 heavy (non-hydrogen) atoms. The van der Waals surface area contributed by atoms with Gasteiger partial charge in [-0.1, -0.05) is 27.7 Å². The third-order valence-electron chi connectivity index (χ3n) is 4.00. The second-order valence-corrected chi connectivity index (χ2v) is 8.89. The number of rotatable bonds is 11. The molecule has 0 aliphatic rings. The third-order valence-corrected chi connectivity index (χ3v) is 4.00. The summed E-state index contributed by atoms with van der Waals surface area (Å²) in [4.78, 5) is 0. The summed E-state index contributed by atoms with van der Waals surface area (Å²) in [7, 11) is 9.51. The fourth-order valence-electron chi connectivity index (χ4n) is 3.59. The van der Waals surface area contributed by atoms with E-state index in [0.717, 1.165) is 11.8 Å². The summed E-state index contributed by atoms with van der Waals surface area (Å²) in [6.07, 6.45) is 5.58. The van der Waals surface area contributed by atoms with Crippen molar-refractivity contribution >= 4 is 0 Å². The molecule has 0 saturated heterocycles. The molecule has 0 heterocycles. The van der Waals surface area contributed by atoms with E-state index in [1.54, 1.807) is 0 Å². The van der Waals surface area contributed by atoms with Crippen molar-refractivity contribution in [2.45, 2.75) is 53.4 Å². The summed E-state index contributed by atoms with van der Waals surface area (Å²) in [6.45, 7) is 14.6. The average Bonchev–Trinajstić information content (AvgIpc) is 2.19. The summed E-state index contributed by atoms with van der Waals surface area (Å²) in [5.74, 6) is 1.61. The summed E-state index contributed by atoms with van der Waals surface area (Å²) in [5, 5.41) is 0. The van der Waals surface area contributed by atoms with Gasteiger partial charge in [-0.3, -0.25) is 0 Å². The Labute approximate surface area is 162 Å². The molecule has 0 rings (SSSR count). The Hall–Kier alpha value is 0.880. The Balaban J connectivity index is -0.00000180. The molecule has 0 aromatic carbocycles. The van der Waals surface area contributed by atoms with Gasteiger partial charge in [-0.15, -0.1) is 0 Å². The van der Waals surface area contributed by atoms with Crippen LogP contribution in [0.5, 0.6) is 0 Å². The molecule has 0 bridgehead atoms. The molecule has 2 nitrogen and oxygen atoms in total. The molecule has 0 saturated carbocycles. The lowest BCUT2D eigenvalue weighted by Gasteiger charge is -2.32. The van der Waals surface area contributed by atoms with Crippen molar-refractivity contribution in [3.63, 3.8) is 0 Å². The predicted octanol–water partition coefficient (Wildman–Crippen LogP) is -1.98. The quantitative estimate of drug-likeness (QED) is 0.255. The minimum absolute atomic E-state index is 0. The van der Waals surface area contributed by atoms with Crippen LogP contribution in [0.4, 0.5) is 0 Å². The molecule has 0 aliphatic heterocycles. The molecule has 0 radical (unpaired) electrons. The van der Waals surface area contributed by atoms with E-state index in [9.17, 15) is 0 Å². The fraction of sp³-hybridized carbons (Fsp3) is 1.00. The van der Waals surface area contributed by atoms with E-state index in [1.165, 1.54) is 60.8 Å². The van der Waals surface area contributed by atoms with Crippen LogP contribution in [-0.4, -0.2) is 63.3 Å². The smallest absolute Gasteiger partial charge is 0.0805 e. The van der Waals surface area contributed by atoms with Gasteiger partial charge in [0, 0.05) is 11.8 Å².